The predicted molar refractivity (Wildman–Crippen MR) is 97.9 cm³/mol. The van der Waals surface area contributed by atoms with Gasteiger partial charge < -0.3 is 8.85 Å². The monoisotopic (exact) mass is 322 g/mol. The van der Waals surface area contributed by atoms with Crippen molar-refractivity contribution in [3.63, 3.8) is 0 Å². The Morgan fingerprint density at radius 2 is 1.59 bits per heavy atom. The maximum Gasteiger partial charge on any atom is 0.392 e. The molecule has 0 heterocycles. The van der Waals surface area contributed by atoms with E-state index >= 15 is 0 Å². The van der Waals surface area contributed by atoms with E-state index in [9.17, 15) is 0 Å². The standard InChI is InChI=1S/C19H34O2Si/c1-5-7-8-9-10-11-12-16-20-22(3,4)21-19-15-13-14-18(6-2)17-19/h13-15,17H,5-12,16H2,1-4H3. The second-order valence-corrected chi connectivity index (χ2v) is 9.77. The van der Waals surface area contributed by atoms with E-state index in [0.29, 0.717) is 0 Å². The van der Waals surface area contributed by atoms with Crippen molar-refractivity contribution in [2.75, 3.05) is 6.61 Å². The van der Waals surface area contributed by atoms with Crippen LogP contribution >= 0.6 is 0 Å². The molecule has 1 rings (SSSR count). The third kappa shape index (κ3) is 8.59. The Morgan fingerprint density at radius 1 is 0.909 bits per heavy atom. The van der Waals surface area contributed by atoms with Crippen molar-refractivity contribution in [2.24, 2.45) is 0 Å². The highest BCUT2D eigenvalue weighted by Crippen LogP contribution is 2.19. The topological polar surface area (TPSA) is 18.5 Å². The zero-order valence-electron chi connectivity index (χ0n) is 15.0. The van der Waals surface area contributed by atoms with Crippen LogP contribution in [0.5, 0.6) is 5.75 Å². The van der Waals surface area contributed by atoms with E-state index in [1.807, 2.05) is 6.07 Å². The van der Waals surface area contributed by atoms with Crippen LogP contribution in [0.2, 0.25) is 13.1 Å². The SMILES string of the molecule is CCCCCCCCCO[Si](C)(C)Oc1cccc(CC)c1. The summed E-state index contributed by atoms with van der Waals surface area (Å²) in [4.78, 5) is 0. The van der Waals surface area contributed by atoms with E-state index in [1.54, 1.807) is 0 Å². The van der Waals surface area contributed by atoms with Crippen molar-refractivity contribution >= 4 is 8.56 Å². The lowest BCUT2D eigenvalue weighted by Crippen LogP contribution is -2.38. The van der Waals surface area contributed by atoms with Gasteiger partial charge in [0.1, 0.15) is 5.75 Å². The van der Waals surface area contributed by atoms with E-state index in [2.05, 4.69) is 45.1 Å². The van der Waals surface area contributed by atoms with Gasteiger partial charge in [-0.2, -0.15) is 0 Å². The van der Waals surface area contributed by atoms with Gasteiger partial charge in [0.05, 0.1) is 0 Å². The molecule has 0 unspecified atom stereocenters. The summed E-state index contributed by atoms with van der Waals surface area (Å²) in [5.74, 6) is 0.954. The summed E-state index contributed by atoms with van der Waals surface area (Å²) in [7, 11) is -2.06. The van der Waals surface area contributed by atoms with E-state index in [1.165, 1.54) is 44.1 Å². The Bertz CT molecular complexity index is 404. The number of hydrogen-bond acceptors (Lipinski definition) is 2. The van der Waals surface area contributed by atoms with Gasteiger partial charge in [0.2, 0.25) is 0 Å². The van der Waals surface area contributed by atoms with Gasteiger partial charge in [-0.1, -0.05) is 64.5 Å². The van der Waals surface area contributed by atoms with Gasteiger partial charge in [-0.15, -0.1) is 0 Å². The molecule has 2 nitrogen and oxygen atoms in total. The maximum absolute atomic E-state index is 6.12. The predicted octanol–water partition coefficient (Wildman–Crippen LogP) is 6.10. The zero-order chi connectivity index (χ0) is 16.3. The molecule has 3 heteroatoms. The van der Waals surface area contributed by atoms with Crippen molar-refractivity contribution in [2.45, 2.75) is 78.3 Å². The van der Waals surface area contributed by atoms with E-state index < -0.39 is 8.56 Å². The largest absolute Gasteiger partial charge is 0.520 e. The molecule has 0 amide bonds. The Balaban J connectivity index is 2.20. The number of aryl methyl sites for hydroxylation is 1. The van der Waals surface area contributed by atoms with Crippen LogP contribution < -0.4 is 4.43 Å². The Hall–Kier alpha value is -0.803. The molecule has 0 aliphatic carbocycles. The molecule has 0 aliphatic heterocycles. The van der Waals surface area contributed by atoms with E-state index in [4.69, 9.17) is 8.85 Å². The van der Waals surface area contributed by atoms with Crippen molar-refractivity contribution in [3.05, 3.63) is 29.8 Å². The molecule has 0 spiro atoms. The average molecular weight is 323 g/mol. The van der Waals surface area contributed by atoms with Crippen molar-refractivity contribution in [3.8, 4) is 5.75 Å². The summed E-state index contributed by atoms with van der Waals surface area (Å²) >= 11 is 0. The fourth-order valence-corrected chi connectivity index (χ4v) is 3.91. The fourth-order valence-electron chi connectivity index (χ4n) is 2.52. The van der Waals surface area contributed by atoms with Crippen molar-refractivity contribution in [1.82, 2.24) is 0 Å². The van der Waals surface area contributed by atoms with Gasteiger partial charge in [0.25, 0.3) is 0 Å². The summed E-state index contributed by atoms with van der Waals surface area (Å²) in [5.41, 5.74) is 1.31. The summed E-state index contributed by atoms with van der Waals surface area (Å²) in [6.07, 6.45) is 10.3. The first-order valence-corrected chi connectivity index (χ1v) is 11.8. The normalized spacial score (nSPS) is 11.6. The summed E-state index contributed by atoms with van der Waals surface area (Å²) in [6, 6.07) is 8.37. The number of rotatable bonds is 12. The van der Waals surface area contributed by atoms with Crippen LogP contribution in [-0.2, 0) is 10.8 Å². The molecule has 0 atom stereocenters. The van der Waals surface area contributed by atoms with Crippen molar-refractivity contribution < 1.29 is 8.85 Å². The Morgan fingerprint density at radius 3 is 2.27 bits per heavy atom. The van der Waals surface area contributed by atoms with Crippen LogP contribution in [0.15, 0.2) is 24.3 Å². The lowest BCUT2D eigenvalue weighted by Gasteiger charge is -2.24. The highest BCUT2D eigenvalue weighted by molar-refractivity contribution is 6.65. The molecular weight excluding hydrogens is 288 g/mol. The second-order valence-electron chi connectivity index (χ2n) is 6.47. The minimum Gasteiger partial charge on any atom is -0.520 e. The van der Waals surface area contributed by atoms with Crippen LogP contribution in [0, 0.1) is 0 Å². The number of hydrogen-bond donors (Lipinski definition) is 0. The van der Waals surface area contributed by atoms with Gasteiger partial charge in [0, 0.05) is 6.61 Å². The molecule has 0 saturated carbocycles. The van der Waals surface area contributed by atoms with Crippen LogP contribution in [0.1, 0.15) is 64.4 Å². The quantitative estimate of drug-likeness (QED) is 0.342. The molecule has 1 aromatic rings. The molecule has 0 aromatic heterocycles. The third-order valence-electron chi connectivity index (χ3n) is 3.87. The van der Waals surface area contributed by atoms with Gasteiger partial charge in [-0.25, -0.2) is 0 Å². The lowest BCUT2D eigenvalue weighted by atomic mass is 10.1. The Labute approximate surface area is 138 Å². The first kappa shape index (κ1) is 19.2. The Kier molecular flexibility index (Phi) is 9.49. The molecular formula is C19H34O2Si. The maximum atomic E-state index is 6.12. The van der Waals surface area contributed by atoms with Gasteiger partial charge in [-0.05, 0) is 43.6 Å². The molecule has 0 aliphatic rings. The minimum absolute atomic E-state index is 0.834. The third-order valence-corrected chi connectivity index (χ3v) is 5.49. The first-order valence-electron chi connectivity index (χ1n) is 8.99. The lowest BCUT2D eigenvalue weighted by molar-refractivity contribution is 0.240. The number of benzene rings is 1. The summed E-state index contributed by atoms with van der Waals surface area (Å²) < 4.78 is 12.2. The van der Waals surface area contributed by atoms with Crippen LogP contribution in [0.25, 0.3) is 0 Å². The molecule has 0 radical (unpaired) electrons. The number of unbranched alkanes of at least 4 members (excludes halogenated alkanes) is 6. The van der Waals surface area contributed by atoms with Gasteiger partial charge in [-0.3, -0.25) is 0 Å². The van der Waals surface area contributed by atoms with E-state index in [-0.39, 0.29) is 0 Å². The molecule has 1 aromatic carbocycles. The smallest absolute Gasteiger partial charge is 0.392 e. The first-order chi connectivity index (χ1) is 10.6. The second kappa shape index (κ2) is 10.8. The van der Waals surface area contributed by atoms with Crippen molar-refractivity contribution in [1.29, 1.82) is 0 Å². The molecule has 0 bridgehead atoms. The van der Waals surface area contributed by atoms with E-state index in [0.717, 1.165) is 25.2 Å². The highest BCUT2D eigenvalue weighted by Gasteiger charge is 2.26. The van der Waals surface area contributed by atoms with Crippen LogP contribution in [-0.4, -0.2) is 15.2 Å². The molecule has 0 saturated heterocycles. The fraction of sp³-hybridized carbons (Fsp3) is 0.684. The molecule has 0 fully saturated rings. The van der Waals surface area contributed by atoms with Gasteiger partial charge >= 0.3 is 8.56 Å². The molecule has 0 N–H and O–H groups in total. The van der Waals surface area contributed by atoms with Crippen LogP contribution in [0.4, 0.5) is 0 Å². The average Bonchev–Trinajstić information content (AvgIpc) is 2.49. The van der Waals surface area contributed by atoms with Gasteiger partial charge in [0.15, 0.2) is 0 Å². The minimum atomic E-state index is -2.06. The zero-order valence-corrected chi connectivity index (χ0v) is 16.0. The summed E-state index contributed by atoms with van der Waals surface area (Å²) in [6.45, 7) is 9.52. The van der Waals surface area contributed by atoms with Crippen LogP contribution in [0.3, 0.4) is 0 Å². The molecule has 22 heavy (non-hydrogen) atoms. The molecule has 126 valence electrons. The summed E-state index contributed by atoms with van der Waals surface area (Å²) in [5, 5.41) is 0. The highest BCUT2D eigenvalue weighted by atomic mass is 28.4.